The average Bonchev–Trinajstić information content (AvgIpc) is 2.49. The van der Waals surface area contributed by atoms with Crippen molar-refractivity contribution in [3.63, 3.8) is 0 Å². The van der Waals surface area contributed by atoms with E-state index in [-0.39, 0.29) is 6.10 Å². The zero-order chi connectivity index (χ0) is 16.6. The average molecular weight is 314 g/mol. The van der Waals surface area contributed by atoms with Crippen molar-refractivity contribution in [2.75, 3.05) is 6.54 Å². The molecule has 22 heavy (non-hydrogen) atoms. The lowest BCUT2D eigenvalue weighted by Crippen LogP contribution is -2.14. The van der Waals surface area contributed by atoms with Crippen molar-refractivity contribution >= 4 is 0 Å². The Labute approximate surface area is 140 Å². The molecule has 0 radical (unpaired) electrons. The number of aliphatic hydroxyl groups is 1. The molecule has 0 aliphatic rings. The Hall–Kier alpha value is -0.0800. The van der Waals surface area contributed by atoms with Crippen molar-refractivity contribution in [2.45, 2.75) is 110 Å². The quantitative estimate of drug-likeness (QED) is 0.361. The maximum Gasteiger partial charge on any atom is 0.0540 e. The summed E-state index contributed by atoms with van der Waals surface area (Å²) in [7, 11) is 0. The molecule has 0 aromatic carbocycles. The number of rotatable bonds is 16. The van der Waals surface area contributed by atoms with Gasteiger partial charge in [-0.05, 0) is 37.6 Å². The zero-order valence-corrected chi connectivity index (χ0v) is 15.7. The van der Waals surface area contributed by atoms with Gasteiger partial charge < -0.3 is 10.8 Å². The van der Waals surface area contributed by atoms with E-state index < -0.39 is 0 Å². The van der Waals surface area contributed by atoms with Crippen molar-refractivity contribution in [3.8, 4) is 0 Å². The molecule has 134 valence electrons. The van der Waals surface area contributed by atoms with E-state index in [2.05, 4.69) is 20.8 Å². The van der Waals surface area contributed by atoms with Gasteiger partial charge in [-0.25, -0.2) is 0 Å². The molecule has 2 unspecified atom stereocenters. The molecule has 2 atom stereocenters. The molecular weight excluding hydrogens is 270 g/mol. The molecule has 0 heterocycles. The van der Waals surface area contributed by atoms with Crippen molar-refractivity contribution < 1.29 is 5.11 Å². The maximum atomic E-state index is 9.91. The van der Waals surface area contributed by atoms with Gasteiger partial charge >= 0.3 is 0 Å². The molecule has 0 fully saturated rings. The highest BCUT2D eigenvalue weighted by Gasteiger charge is 2.06. The van der Waals surface area contributed by atoms with E-state index in [4.69, 9.17) is 5.73 Å². The molecule has 0 aliphatic heterocycles. The van der Waals surface area contributed by atoms with Crippen LogP contribution in [0.4, 0.5) is 0 Å². The molecule has 2 nitrogen and oxygen atoms in total. The standard InChI is InChI=1S/C20H43NO/c1-18(2)13-11-9-7-5-4-6-8-10-12-14-20(22)16-15-19(3)17-21/h18-20,22H,4-17,21H2,1-3H3. The molecule has 2 heteroatoms. The van der Waals surface area contributed by atoms with Crippen molar-refractivity contribution in [1.82, 2.24) is 0 Å². The Balaban J connectivity index is 3.16. The van der Waals surface area contributed by atoms with Gasteiger partial charge in [0.25, 0.3) is 0 Å². The van der Waals surface area contributed by atoms with Gasteiger partial charge in [-0.2, -0.15) is 0 Å². The van der Waals surface area contributed by atoms with E-state index in [1.54, 1.807) is 0 Å². The molecule has 0 saturated carbocycles. The Bertz CT molecular complexity index is 218. The van der Waals surface area contributed by atoms with E-state index in [0.29, 0.717) is 5.92 Å². The monoisotopic (exact) mass is 313 g/mol. The minimum absolute atomic E-state index is 0.102. The lowest BCUT2D eigenvalue weighted by atomic mass is 9.99. The van der Waals surface area contributed by atoms with Crippen LogP contribution in [0, 0.1) is 11.8 Å². The van der Waals surface area contributed by atoms with Crippen LogP contribution in [0.15, 0.2) is 0 Å². The minimum Gasteiger partial charge on any atom is -0.393 e. The maximum absolute atomic E-state index is 9.91. The fourth-order valence-corrected chi connectivity index (χ4v) is 2.91. The number of unbranched alkanes of at least 4 members (excludes halogenated alkanes) is 8. The summed E-state index contributed by atoms with van der Waals surface area (Å²) in [5, 5.41) is 9.91. The lowest BCUT2D eigenvalue weighted by molar-refractivity contribution is 0.143. The third kappa shape index (κ3) is 16.3. The molecule has 0 aromatic rings. The molecule has 0 amide bonds. The van der Waals surface area contributed by atoms with Gasteiger partial charge in [0.15, 0.2) is 0 Å². The third-order valence-corrected chi connectivity index (χ3v) is 4.71. The van der Waals surface area contributed by atoms with Crippen molar-refractivity contribution in [1.29, 1.82) is 0 Å². The van der Waals surface area contributed by atoms with Gasteiger partial charge in [0.2, 0.25) is 0 Å². The Kier molecular flexibility index (Phi) is 15.7. The predicted octanol–water partition coefficient (Wildman–Crippen LogP) is 5.67. The fraction of sp³-hybridized carbons (Fsp3) is 1.00. The Morgan fingerprint density at radius 1 is 0.636 bits per heavy atom. The van der Waals surface area contributed by atoms with Crippen LogP contribution in [0.25, 0.3) is 0 Å². The largest absolute Gasteiger partial charge is 0.393 e. The first-order valence-electron chi connectivity index (χ1n) is 9.94. The highest BCUT2D eigenvalue weighted by atomic mass is 16.3. The van der Waals surface area contributed by atoms with E-state index in [1.807, 2.05) is 0 Å². The van der Waals surface area contributed by atoms with Crippen LogP contribution < -0.4 is 5.73 Å². The summed E-state index contributed by atoms with van der Waals surface area (Å²) in [6.07, 6.45) is 16.5. The summed E-state index contributed by atoms with van der Waals surface area (Å²) in [4.78, 5) is 0. The highest BCUT2D eigenvalue weighted by Crippen LogP contribution is 2.15. The first-order chi connectivity index (χ1) is 10.6. The second-order valence-electron chi connectivity index (χ2n) is 7.73. The second kappa shape index (κ2) is 15.8. The normalized spacial score (nSPS) is 14.5. The first-order valence-corrected chi connectivity index (χ1v) is 9.94. The summed E-state index contributed by atoms with van der Waals surface area (Å²) in [6, 6.07) is 0. The van der Waals surface area contributed by atoms with E-state index in [9.17, 15) is 5.11 Å². The number of aliphatic hydroxyl groups excluding tert-OH is 1. The van der Waals surface area contributed by atoms with Gasteiger partial charge in [0.1, 0.15) is 0 Å². The molecule has 0 spiro atoms. The Morgan fingerprint density at radius 3 is 1.55 bits per heavy atom. The van der Waals surface area contributed by atoms with E-state index in [0.717, 1.165) is 31.7 Å². The summed E-state index contributed by atoms with van der Waals surface area (Å²) in [5.41, 5.74) is 5.60. The molecule has 0 saturated heterocycles. The van der Waals surface area contributed by atoms with Crippen LogP contribution in [-0.2, 0) is 0 Å². The van der Waals surface area contributed by atoms with E-state index in [1.165, 1.54) is 64.2 Å². The van der Waals surface area contributed by atoms with Gasteiger partial charge in [0, 0.05) is 0 Å². The molecule has 0 aromatic heterocycles. The van der Waals surface area contributed by atoms with Crippen LogP contribution in [0.1, 0.15) is 104 Å². The summed E-state index contributed by atoms with van der Waals surface area (Å²) in [5.74, 6) is 1.42. The van der Waals surface area contributed by atoms with Gasteiger partial charge in [-0.15, -0.1) is 0 Å². The van der Waals surface area contributed by atoms with Crippen LogP contribution in [0.3, 0.4) is 0 Å². The minimum atomic E-state index is -0.102. The van der Waals surface area contributed by atoms with Gasteiger partial charge in [0.05, 0.1) is 6.10 Å². The number of hydrogen-bond donors (Lipinski definition) is 2. The number of nitrogens with two attached hydrogens (primary N) is 1. The number of hydrogen-bond acceptors (Lipinski definition) is 2. The molecule has 3 N–H and O–H groups in total. The highest BCUT2D eigenvalue weighted by molar-refractivity contribution is 4.61. The first kappa shape index (κ1) is 21.9. The molecule has 0 bridgehead atoms. The van der Waals surface area contributed by atoms with Crippen LogP contribution in [0.2, 0.25) is 0 Å². The Morgan fingerprint density at radius 2 is 1.09 bits per heavy atom. The summed E-state index contributed by atoms with van der Waals surface area (Å²) in [6.45, 7) is 7.53. The zero-order valence-electron chi connectivity index (χ0n) is 15.7. The smallest absolute Gasteiger partial charge is 0.0540 e. The van der Waals surface area contributed by atoms with E-state index >= 15 is 0 Å². The molecular formula is C20H43NO. The molecule has 0 rings (SSSR count). The topological polar surface area (TPSA) is 46.2 Å². The van der Waals surface area contributed by atoms with Crippen LogP contribution in [-0.4, -0.2) is 17.8 Å². The summed E-state index contributed by atoms with van der Waals surface area (Å²) >= 11 is 0. The summed E-state index contributed by atoms with van der Waals surface area (Å²) < 4.78 is 0. The van der Waals surface area contributed by atoms with Crippen molar-refractivity contribution in [2.24, 2.45) is 17.6 Å². The second-order valence-corrected chi connectivity index (χ2v) is 7.73. The van der Waals surface area contributed by atoms with Crippen LogP contribution >= 0.6 is 0 Å². The fourth-order valence-electron chi connectivity index (χ4n) is 2.91. The SMILES string of the molecule is CC(C)CCCCCCCCCCCC(O)CCC(C)CN. The van der Waals surface area contributed by atoms with Gasteiger partial charge in [-0.3, -0.25) is 0 Å². The van der Waals surface area contributed by atoms with Gasteiger partial charge in [-0.1, -0.05) is 85.0 Å². The van der Waals surface area contributed by atoms with Crippen LogP contribution in [0.5, 0.6) is 0 Å². The predicted molar refractivity (Wildman–Crippen MR) is 99.1 cm³/mol. The lowest BCUT2D eigenvalue weighted by Gasteiger charge is -2.13. The third-order valence-electron chi connectivity index (χ3n) is 4.71. The molecule has 0 aliphatic carbocycles. The van der Waals surface area contributed by atoms with Crippen molar-refractivity contribution in [3.05, 3.63) is 0 Å².